The van der Waals surface area contributed by atoms with Crippen LogP contribution in [0, 0.1) is 5.82 Å². The van der Waals surface area contributed by atoms with E-state index in [-0.39, 0.29) is 11.6 Å². The molecule has 0 aromatic heterocycles. The number of carbonyl (C=O) groups excluding carboxylic acids is 1. The molecule has 1 nitrogen and oxygen atoms in total. The highest BCUT2D eigenvalue weighted by molar-refractivity contribution is 5.75. The number of hydrogen-bond acceptors (Lipinski definition) is 1. The van der Waals surface area contributed by atoms with E-state index in [1.54, 1.807) is 19.1 Å². The molecule has 1 rings (SSSR count). The number of halogens is 1. The van der Waals surface area contributed by atoms with Gasteiger partial charge >= 0.3 is 0 Å². The number of carbonyl (C=O) groups is 1. The minimum atomic E-state index is -0.213. The first-order valence-corrected chi connectivity index (χ1v) is 4.42. The van der Waals surface area contributed by atoms with Gasteiger partial charge in [0.1, 0.15) is 11.6 Å². The Morgan fingerprint density at radius 3 is 2.46 bits per heavy atom. The van der Waals surface area contributed by atoms with Gasteiger partial charge in [-0.25, -0.2) is 4.39 Å². The first kappa shape index (κ1) is 9.90. The molecule has 0 aliphatic rings. The standard InChI is InChI=1S/C11H13FO/c1-9(13)3-2-4-10-5-7-11(12)8-6-10/h5-8H,2-4H2,1H3. The summed E-state index contributed by atoms with van der Waals surface area (Å²) >= 11 is 0. The van der Waals surface area contributed by atoms with Crippen LogP contribution < -0.4 is 0 Å². The van der Waals surface area contributed by atoms with E-state index < -0.39 is 0 Å². The van der Waals surface area contributed by atoms with Crippen molar-refractivity contribution in [2.75, 3.05) is 0 Å². The number of aryl methyl sites for hydroxylation is 1. The summed E-state index contributed by atoms with van der Waals surface area (Å²) in [5.41, 5.74) is 1.09. The van der Waals surface area contributed by atoms with E-state index in [4.69, 9.17) is 0 Å². The van der Waals surface area contributed by atoms with E-state index in [0.29, 0.717) is 6.42 Å². The van der Waals surface area contributed by atoms with E-state index in [2.05, 4.69) is 0 Å². The molecular weight excluding hydrogens is 167 g/mol. The molecule has 0 atom stereocenters. The van der Waals surface area contributed by atoms with Crippen LogP contribution in [0.4, 0.5) is 4.39 Å². The normalized spacial score (nSPS) is 10.0. The van der Waals surface area contributed by atoms with E-state index in [0.717, 1.165) is 18.4 Å². The lowest BCUT2D eigenvalue weighted by molar-refractivity contribution is -0.117. The third-order valence-electron chi connectivity index (χ3n) is 1.91. The molecule has 0 radical (unpaired) electrons. The molecule has 0 aliphatic heterocycles. The minimum absolute atomic E-state index is 0.210. The lowest BCUT2D eigenvalue weighted by Gasteiger charge is -1.98. The summed E-state index contributed by atoms with van der Waals surface area (Å²) in [6.07, 6.45) is 2.30. The third-order valence-corrected chi connectivity index (χ3v) is 1.91. The third kappa shape index (κ3) is 3.83. The van der Waals surface area contributed by atoms with Crippen LogP contribution in [0.3, 0.4) is 0 Å². The van der Waals surface area contributed by atoms with Crippen LogP contribution in [0.5, 0.6) is 0 Å². The first-order chi connectivity index (χ1) is 6.18. The fourth-order valence-corrected chi connectivity index (χ4v) is 1.19. The van der Waals surface area contributed by atoms with Gasteiger partial charge in [-0.3, -0.25) is 0 Å². The van der Waals surface area contributed by atoms with E-state index in [1.807, 2.05) is 0 Å². The van der Waals surface area contributed by atoms with Crippen molar-refractivity contribution in [2.24, 2.45) is 0 Å². The second kappa shape index (κ2) is 4.75. The Balaban J connectivity index is 2.37. The van der Waals surface area contributed by atoms with Crippen LogP contribution in [0.2, 0.25) is 0 Å². The topological polar surface area (TPSA) is 17.1 Å². The van der Waals surface area contributed by atoms with Crippen molar-refractivity contribution in [2.45, 2.75) is 26.2 Å². The number of rotatable bonds is 4. The van der Waals surface area contributed by atoms with Gasteiger partial charge in [-0.05, 0) is 37.5 Å². The average molecular weight is 180 g/mol. The molecule has 13 heavy (non-hydrogen) atoms. The molecule has 0 heterocycles. The number of Topliss-reactive ketones (excluding diaryl/α,β-unsaturated/α-hetero) is 1. The Hall–Kier alpha value is -1.18. The maximum absolute atomic E-state index is 12.5. The van der Waals surface area contributed by atoms with Gasteiger partial charge in [0.05, 0.1) is 0 Å². The Labute approximate surface area is 77.6 Å². The molecule has 2 heteroatoms. The van der Waals surface area contributed by atoms with E-state index in [9.17, 15) is 9.18 Å². The van der Waals surface area contributed by atoms with Gasteiger partial charge in [0.2, 0.25) is 0 Å². The highest BCUT2D eigenvalue weighted by Crippen LogP contribution is 2.06. The Morgan fingerprint density at radius 2 is 1.92 bits per heavy atom. The molecule has 0 spiro atoms. The predicted molar refractivity (Wildman–Crippen MR) is 50.0 cm³/mol. The molecule has 0 amide bonds. The zero-order valence-corrected chi connectivity index (χ0v) is 7.72. The van der Waals surface area contributed by atoms with Crippen molar-refractivity contribution in [3.05, 3.63) is 35.6 Å². The Kier molecular flexibility index (Phi) is 3.62. The molecular formula is C11H13FO. The second-order valence-corrected chi connectivity index (χ2v) is 3.18. The monoisotopic (exact) mass is 180 g/mol. The summed E-state index contributed by atoms with van der Waals surface area (Å²) in [5.74, 6) is -0.00238. The summed E-state index contributed by atoms with van der Waals surface area (Å²) in [5, 5.41) is 0. The van der Waals surface area contributed by atoms with Crippen LogP contribution in [0.1, 0.15) is 25.3 Å². The fraction of sp³-hybridized carbons (Fsp3) is 0.364. The molecule has 0 unspecified atom stereocenters. The van der Waals surface area contributed by atoms with E-state index >= 15 is 0 Å². The SMILES string of the molecule is CC(=O)CCCc1ccc(F)cc1. The molecule has 1 aromatic carbocycles. The zero-order valence-electron chi connectivity index (χ0n) is 7.72. The van der Waals surface area contributed by atoms with Gasteiger partial charge in [-0.15, -0.1) is 0 Å². The smallest absolute Gasteiger partial charge is 0.129 e. The van der Waals surface area contributed by atoms with Crippen LogP contribution in [0.15, 0.2) is 24.3 Å². The molecule has 70 valence electrons. The summed E-state index contributed by atoms with van der Waals surface area (Å²) in [7, 11) is 0. The largest absolute Gasteiger partial charge is 0.300 e. The predicted octanol–water partition coefficient (Wildman–Crippen LogP) is 2.74. The van der Waals surface area contributed by atoms with Gasteiger partial charge < -0.3 is 4.79 Å². The molecule has 1 aromatic rings. The molecule has 0 saturated carbocycles. The van der Waals surface area contributed by atoms with Crippen molar-refractivity contribution >= 4 is 5.78 Å². The molecule has 0 N–H and O–H groups in total. The lowest BCUT2D eigenvalue weighted by atomic mass is 10.1. The van der Waals surface area contributed by atoms with Crippen LogP contribution in [-0.4, -0.2) is 5.78 Å². The Bertz CT molecular complexity index is 277. The van der Waals surface area contributed by atoms with Gasteiger partial charge in [0.15, 0.2) is 0 Å². The number of ketones is 1. The van der Waals surface area contributed by atoms with Crippen molar-refractivity contribution in [1.82, 2.24) is 0 Å². The van der Waals surface area contributed by atoms with Crippen LogP contribution in [-0.2, 0) is 11.2 Å². The summed E-state index contributed by atoms with van der Waals surface area (Å²) in [6, 6.07) is 6.41. The van der Waals surface area contributed by atoms with Gasteiger partial charge in [0, 0.05) is 6.42 Å². The highest BCUT2D eigenvalue weighted by Gasteiger charge is 1.96. The van der Waals surface area contributed by atoms with Crippen LogP contribution >= 0.6 is 0 Å². The van der Waals surface area contributed by atoms with E-state index in [1.165, 1.54) is 12.1 Å². The van der Waals surface area contributed by atoms with Crippen molar-refractivity contribution in [1.29, 1.82) is 0 Å². The molecule has 0 aliphatic carbocycles. The summed E-state index contributed by atoms with van der Waals surface area (Å²) in [4.78, 5) is 10.6. The van der Waals surface area contributed by atoms with Crippen molar-refractivity contribution < 1.29 is 9.18 Å². The maximum atomic E-state index is 12.5. The first-order valence-electron chi connectivity index (χ1n) is 4.42. The highest BCUT2D eigenvalue weighted by atomic mass is 19.1. The molecule has 0 fully saturated rings. The van der Waals surface area contributed by atoms with Gasteiger partial charge in [-0.2, -0.15) is 0 Å². The lowest BCUT2D eigenvalue weighted by Crippen LogP contribution is -1.92. The average Bonchev–Trinajstić information content (AvgIpc) is 2.08. The van der Waals surface area contributed by atoms with Gasteiger partial charge in [0.25, 0.3) is 0 Å². The maximum Gasteiger partial charge on any atom is 0.129 e. The summed E-state index contributed by atoms with van der Waals surface area (Å²) in [6.45, 7) is 1.59. The quantitative estimate of drug-likeness (QED) is 0.696. The minimum Gasteiger partial charge on any atom is -0.300 e. The number of benzene rings is 1. The van der Waals surface area contributed by atoms with Gasteiger partial charge in [-0.1, -0.05) is 12.1 Å². The zero-order chi connectivity index (χ0) is 9.68. The molecule has 0 bridgehead atoms. The van der Waals surface area contributed by atoms with Crippen LogP contribution in [0.25, 0.3) is 0 Å². The second-order valence-electron chi connectivity index (χ2n) is 3.18. The Morgan fingerprint density at radius 1 is 1.31 bits per heavy atom. The van der Waals surface area contributed by atoms with Crippen molar-refractivity contribution in [3.8, 4) is 0 Å². The number of hydrogen-bond donors (Lipinski definition) is 0. The molecule has 0 saturated heterocycles. The summed E-state index contributed by atoms with van der Waals surface area (Å²) < 4.78 is 12.5. The van der Waals surface area contributed by atoms with Crippen molar-refractivity contribution in [3.63, 3.8) is 0 Å². The fourth-order valence-electron chi connectivity index (χ4n) is 1.19.